The molecule has 1 atom stereocenters. The molecule has 1 unspecified atom stereocenters. The average molecular weight is 370 g/mol. The molecule has 0 bridgehead atoms. The molecule has 1 aromatic carbocycles. The summed E-state index contributed by atoms with van der Waals surface area (Å²) in [5.41, 5.74) is 2.29. The van der Waals surface area contributed by atoms with Gasteiger partial charge in [0, 0.05) is 33.4 Å². The first kappa shape index (κ1) is 19.3. The van der Waals surface area contributed by atoms with E-state index in [0.29, 0.717) is 13.2 Å². The maximum Gasteiger partial charge on any atom is 0.152 e. The fourth-order valence-corrected chi connectivity index (χ4v) is 3.23. The molecule has 0 fully saturated rings. The van der Waals surface area contributed by atoms with Crippen LogP contribution in [0.5, 0.6) is 5.75 Å². The first-order valence-corrected chi connectivity index (χ1v) is 9.58. The summed E-state index contributed by atoms with van der Waals surface area (Å²) in [6, 6.07) is 8.09. The van der Waals surface area contributed by atoms with Gasteiger partial charge in [0.05, 0.1) is 19.0 Å². The van der Waals surface area contributed by atoms with Crippen LogP contribution in [0.4, 0.5) is 0 Å². The molecule has 2 heterocycles. The van der Waals surface area contributed by atoms with Crippen LogP contribution in [-0.2, 0) is 4.74 Å². The standard InChI is InChI=1S/C21H30N4O2/c1-5-24-15-19-21(25(6-2)16-24)22-20(23(19)3)11-10-17-8-7-9-18(14-17)27-13-12-26-4/h7-11,14-15,20H,5-6,12-13,16H2,1-4H3/b11-10+. The Balaban J connectivity index is 1.73. The van der Waals surface area contributed by atoms with Crippen LogP contribution < -0.4 is 4.74 Å². The predicted molar refractivity (Wildman–Crippen MR) is 110 cm³/mol. The molecular weight excluding hydrogens is 340 g/mol. The van der Waals surface area contributed by atoms with Gasteiger partial charge in [-0.25, -0.2) is 4.99 Å². The molecule has 0 aromatic heterocycles. The number of fused-ring (bicyclic) bond motifs is 1. The Morgan fingerprint density at radius 1 is 1.22 bits per heavy atom. The van der Waals surface area contributed by atoms with E-state index in [9.17, 15) is 0 Å². The minimum atomic E-state index is 0.00942. The lowest BCUT2D eigenvalue weighted by Gasteiger charge is -2.36. The molecule has 2 aliphatic rings. The third kappa shape index (κ3) is 4.45. The van der Waals surface area contributed by atoms with Crippen molar-refractivity contribution in [1.29, 1.82) is 0 Å². The fraction of sp³-hybridized carbons (Fsp3) is 0.476. The highest BCUT2D eigenvalue weighted by Crippen LogP contribution is 2.26. The summed E-state index contributed by atoms with van der Waals surface area (Å²) in [6.07, 6.45) is 6.49. The van der Waals surface area contributed by atoms with Gasteiger partial charge in [0.2, 0.25) is 0 Å². The van der Waals surface area contributed by atoms with Crippen LogP contribution in [-0.4, -0.2) is 73.8 Å². The van der Waals surface area contributed by atoms with Crippen molar-refractivity contribution in [2.24, 2.45) is 4.99 Å². The zero-order chi connectivity index (χ0) is 19.2. The molecule has 2 aliphatic heterocycles. The number of hydrogen-bond donors (Lipinski definition) is 0. The summed E-state index contributed by atoms with van der Waals surface area (Å²) in [5, 5.41) is 0. The van der Waals surface area contributed by atoms with E-state index < -0.39 is 0 Å². The second-order valence-electron chi connectivity index (χ2n) is 6.67. The minimum absolute atomic E-state index is 0.00942. The predicted octanol–water partition coefficient (Wildman–Crippen LogP) is 2.85. The molecular formula is C21H30N4O2. The number of likely N-dealkylation sites (N-methyl/N-ethyl adjacent to an activating group) is 2. The van der Waals surface area contributed by atoms with Crippen molar-refractivity contribution in [3.63, 3.8) is 0 Å². The molecule has 3 rings (SSSR count). The van der Waals surface area contributed by atoms with E-state index in [2.05, 4.69) is 60.0 Å². The number of aliphatic imine (C=N–C) groups is 1. The van der Waals surface area contributed by atoms with E-state index in [4.69, 9.17) is 14.5 Å². The van der Waals surface area contributed by atoms with E-state index in [1.54, 1.807) is 7.11 Å². The Labute approximate surface area is 162 Å². The lowest BCUT2D eigenvalue weighted by Crippen LogP contribution is -2.45. The van der Waals surface area contributed by atoms with Gasteiger partial charge < -0.3 is 24.2 Å². The summed E-state index contributed by atoms with van der Waals surface area (Å²) in [5.74, 6) is 1.95. The SMILES string of the molecule is CCN1C=C2C(=NC(/C=C/c3cccc(OCCOC)c3)N2C)N(CC)C1. The molecule has 0 N–H and O–H groups in total. The van der Waals surface area contributed by atoms with Crippen molar-refractivity contribution in [2.75, 3.05) is 47.1 Å². The van der Waals surface area contributed by atoms with Gasteiger partial charge in [-0.15, -0.1) is 0 Å². The van der Waals surface area contributed by atoms with Gasteiger partial charge in [-0.2, -0.15) is 0 Å². The molecule has 0 aliphatic carbocycles. The van der Waals surface area contributed by atoms with Gasteiger partial charge in [-0.05, 0) is 37.6 Å². The maximum atomic E-state index is 5.69. The Morgan fingerprint density at radius 2 is 2.07 bits per heavy atom. The Kier molecular flexibility index (Phi) is 6.40. The van der Waals surface area contributed by atoms with Crippen molar-refractivity contribution in [3.8, 4) is 5.75 Å². The topological polar surface area (TPSA) is 40.5 Å². The molecule has 6 heteroatoms. The van der Waals surface area contributed by atoms with E-state index in [0.717, 1.165) is 36.9 Å². The molecule has 6 nitrogen and oxygen atoms in total. The lowest BCUT2D eigenvalue weighted by molar-refractivity contribution is 0.146. The molecule has 0 amide bonds. The van der Waals surface area contributed by atoms with Crippen molar-refractivity contribution < 1.29 is 9.47 Å². The zero-order valence-electron chi connectivity index (χ0n) is 16.8. The highest BCUT2D eigenvalue weighted by molar-refractivity contribution is 6.00. The average Bonchev–Trinajstić information content (AvgIpc) is 3.02. The van der Waals surface area contributed by atoms with Gasteiger partial charge >= 0.3 is 0 Å². The number of amidine groups is 1. The first-order chi connectivity index (χ1) is 13.2. The number of rotatable bonds is 8. The number of benzene rings is 1. The van der Waals surface area contributed by atoms with Crippen LogP contribution >= 0.6 is 0 Å². The lowest BCUT2D eigenvalue weighted by atomic mass is 10.2. The smallest absolute Gasteiger partial charge is 0.152 e. The van der Waals surface area contributed by atoms with Gasteiger partial charge in [0.1, 0.15) is 18.5 Å². The van der Waals surface area contributed by atoms with Crippen LogP contribution in [0.1, 0.15) is 19.4 Å². The third-order valence-electron chi connectivity index (χ3n) is 4.88. The third-order valence-corrected chi connectivity index (χ3v) is 4.88. The van der Waals surface area contributed by atoms with Crippen molar-refractivity contribution in [1.82, 2.24) is 14.7 Å². The normalized spacial score (nSPS) is 19.4. The number of ether oxygens (including phenoxy) is 2. The molecule has 1 aromatic rings. The Hall–Kier alpha value is -2.47. The number of nitrogens with zero attached hydrogens (tertiary/aromatic N) is 4. The summed E-state index contributed by atoms with van der Waals surface area (Å²) in [4.78, 5) is 11.8. The van der Waals surface area contributed by atoms with E-state index >= 15 is 0 Å². The van der Waals surface area contributed by atoms with Crippen molar-refractivity contribution in [2.45, 2.75) is 20.0 Å². The van der Waals surface area contributed by atoms with Crippen molar-refractivity contribution in [3.05, 3.63) is 47.8 Å². The largest absolute Gasteiger partial charge is 0.491 e. The highest BCUT2D eigenvalue weighted by atomic mass is 16.5. The second-order valence-corrected chi connectivity index (χ2v) is 6.67. The van der Waals surface area contributed by atoms with Gasteiger partial charge in [-0.3, -0.25) is 0 Å². The Bertz CT molecular complexity index is 729. The molecule has 27 heavy (non-hydrogen) atoms. The second kappa shape index (κ2) is 8.95. The van der Waals surface area contributed by atoms with Crippen LogP contribution in [0.3, 0.4) is 0 Å². The van der Waals surface area contributed by atoms with Gasteiger partial charge in [-0.1, -0.05) is 18.2 Å². The zero-order valence-corrected chi connectivity index (χ0v) is 16.8. The maximum absolute atomic E-state index is 5.69. The minimum Gasteiger partial charge on any atom is -0.491 e. The van der Waals surface area contributed by atoms with E-state index in [1.807, 2.05) is 18.2 Å². The van der Waals surface area contributed by atoms with Gasteiger partial charge in [0.25, 0.3) is 0 Å². The molecule has 0 saturated carbocycles. The summed E-state index contributed by atoms with van der Waals surface area (Å²) in [6.45, 7) is 8.36. The molecule has 146 valence electrons. The van der Waals surface area contributed by atoms with Crippen molar-refractivity contribution >= 4 is 11.9 Å². The summed E-state index contributed by atoms with van der Waals surface area (Å²) in [7, 11) is 3.78. The van der Waals surface area contributed by atoms with Crippen LogP contribution in [0, 0.1) is 0 Å². The molecule has 0 radical (unpaired) electrons. The van der Waals surface area contributed by atoms with Crippen LogP contribution in [0.15, 0.2) is 47.2 Å². The monoisotopic (exact) mass is 370 g/mol. The molecule has 0 saturated heterocycles. The van der Waals surface area contributed by atoms with E-state index in [1.165, 1.54) is 5.70 Å². The summed E-state index contributed by atoms with van der Waals surface area (Å²) >= 11 is 0. The van der Waals surface area contributed by atoms with Crippen LogP contribution in [0.25, 0.3) is 6.08 Å². The molecule has 0 spiro atoms. The Morgan fingerprint density at radius 3 is 2.81 bits per heavy atom. The van der Waals surface area contributed by atoms with Crippen LogP contribution in [0.2, 0.25) is 0 Å². The number of hydrogen-bond acceptors (Lipinski definition) is 6. The fourth-order valence-electron chi connectivity index (χ4n) is 3.23. The highest BCUT2D eigenvalue weighted by Gasteiger charge is 2.33. The first-order valence-electron chi connectivity index (χ1n) is 9.58. The van der Waals surface area contributed by atoms with E-state index in [-0.39, 0.29) is 6.17 Å². The summed E-state index contributed by atoms with van der Waals surface area (Å²) < 4.78 is 10.7. The quantitative estimate of drug-likeness (QED) is 0.658. The number of methoxy groups -OCH3 is 1. The van der Waals surface area contributed by atoms with Gasteiger partial charge in [0.15, 0.2) is 5.84 Å².